The molecule has 166 valence electrons. The Bertz CT molecular complexity index is 833. The molecule has 2 aromatic rings. The number of aliphatic carboxylic acids is 1. The van der Waals surface area contributed by atoms with Gasteiger partial charge in [-0.25, -0.2) is 0 Å². The highest BCUT2D eigenvalue weighted by Gasteiger charge is 2.22. The van der Waals surface area contributed by atoms with E-state index < -0.39 is 18.0 Å². The van der Waals surface area contributed by atoms with E-state index >= 15 is 0 Å². The fourth-order valence-corrected chi connectivity index (χ4v) is 3.78. The molecule has 1 heterocycles. The molecule has 1 saturated heterocycles. The first-order valence-electron chi connectivity index (χ1n) is 11.0. The number of hydrogen-bond donors (Lipinski definition) is 0. The van der Waals surface area contributed by atoms with Crippen LogP contribution in [0.5, 0.6) is 5.75 Å². The molecule has 0 aliphatic carbocycles. The number of carboxylic acids is 1. The largest absolute Gasteiger partial charge is 0.550 e. The van der Waals surface area contributed by atoms with Gasteiger partial charge in [0, 0.05) is 12.5 Å². The van der Waals surface area contributed by atoms with Crippen LogP contribution in [0.3, 0.4) is 0 Å². The van der Waals surface area contributed by atoms with Crippen molar-refractivity contribution >= 4 is 11.9 Å². The van der Waals surface area contributed by atoms with Gasteiger partial charge in [-0.05, 0) is 62.4 Å². The lowest BCUT2D eigenvalue weighted by Crippen LogP contribution is -2.37. The molecule has 1 fully saturated rings. The molecule has 1 atom stereocenters. The van der Waals surface area contributed by atoms with Gasteiger partial charge in [0.05, 0.1) is 6.42 Å². The molecule has 0 N–H and O–H groups in total. The van der Waals surface area contributed by atoms with Crippen molar-refractivity contribution in [1.82, 2.24) is 4.90 Å². The van der Waals surface area contributed by atoms with Crippen LogP contribution >= 0.6 is 0 Å². The Labute approximate surface area is 183 Å². The standard InChI is InChI=1S/C25H31NO5/c27-24(28)14-15-25(29)31-22(18-26-16-6-7-17-26)19-30-23-11-5-4-10-21(23)13-12-20-8-2-1-3-9-20/h1-5,8-11,22H,6-7,12-19H2,(H,27,28)/p-1. The van der Waals surface area contributed by atoms with Crippen LogP contribution in [0, 0.1) is 0 Å². The smallest absolute Gasteiger partial charge is 0.306 e. The lowest BCUT2D eigenvalue weighted by molar-refractivity contribution is -0.305. The van der Waals surface area contributed by atoms with Crippen molar-refractivity contribution in [2.24, 2.45) is 0 Å². The summed E-state index contributed by atoms with van der Waals surface area (Å²) in [4.78, 5) is 25.0. The first kappa shape index (κ1) is 22.8. The zero-order valence-electron chi connectivity index (χ0n) is 17.8. The topological polar surface area (TPSA) is 78.9 Å². The van der Waals surface area contributed by atoms with Crippen LogP contribution in [0.15, 0.2) is 54.6 Å². The fourth-order valence-electron chi connectivity index (χ4n) is 3.78. The van der Waals surface area contributed by atoms with Crippen molar-refractivity contribution in [1.29, 1.82) is 0 Å². The van der Waals surface area contributed by atoms with E-state index in [2.05, 4.69) is 23.1 Å². The number of likely N-dealkylation sites (tertiary alicyclic amines) is 1. The lowest BCUT2D eigenvalue weighted by atomic mass is 10.0. The van der Waals surface area contributed by atoms with Crippen molar-refractivity contribution in [2.45, 2.75) is 44.6 Å². The van der Waals surface area contributed by atoms with E-state index in [1.165, 1.54) is 5.56 Å². The van der Waals surface area contributed by atoms with Gasteiger partial charge in [-0.15, -0.1) is 0 Å². The van der Waals surface area contributed by atoms with E-state index in [0.717, 1.165) is 50.1 Å². The highest BCUT2D eigenvalue weighted by Crippen LogP contribution is 2.21. The van der Waals surface area contributed by atoms with E-state index in [-0.39, 0.29) is 19.4 Å². The maximum atomic E-state index is 12.1. The first-order valence-corrected chi connectivity index (χ1v) is 11.0. The van der Waals surface area contributed by atoms with E-state index in [0.29, 0.717) is 6.54 Å². The van der Waals surface area contributed by atoms with Gasteiger partial charge in [0.25, 0.3) is 0 Å². The summed E-state index contributed by atoms with van der Waals surface area (Å²) in [5.74, 6) is -0.998. The van der Waals surface area contributed by atoms with Crippen molar-refractivity contribution in [3.63, 3.8) is 0 Å². The summed E-state index contributed by atoms with van der Waals surface area (Å²) >= 11 is 0. The van der Waals surface area contributed by atoms with Crippen LogP contribution in [0.1, 0.15) is 36.8 Å². The van der Waals surface area contributed by atoms with Crippen LogP contribution in [0.2, 0.25) is 0 Å². The number of benzene rings is 2. The third-order valence-electron chi connectivity index (χ3n) is 5.42. The highest BCUT2D eigenvalue weighted by molar-refractivity contribution is 5.75. The maximum Gasteiger partial charge on any atom is 0.306 e. The fraction of sp³-hybridized carbons (Fsp3) is 0.440. The number of carboxylic acid groups (broad SMARTS) is 1. The van der Waals surface area contributed by atoms with Crippen molar-refractivity contribution in [3.8, 4) is 5.75 Å². The average molecular weight is 425 g/mol. The van der Waals surface area contributed by atoms with Crippen molar-refractivity contribution in [2.75, 3.05) is 26.2 Å². The third kappa shape index (κ3) is 8.06. The van der Waals surface area contributed by atoms with Gasteiger partial charge in [0.2, 0.25) is 0 Å². The molecular weight excluding hydrogens is 394 g/mol. The molecule has 1 aliphatic heterocycles. The van der Waals surface area contributed by atoms with E-state index in [4.69, 9.17) is 9.47 Å². The lowest BCUT2D eigenvalue weighted by Gasteiger charge is -2.24. The number of aryl methyl sites for hydroxylation is 2. The third-order valence-corrected chi connectivity index (χ3v) is 5.42. The predicted molar refractivity (Wildman–Crippen MR) is 116 cm³/mol. The Hall–Kier alpha value is -2.86. The van der Waals surface area contributed by atoms with Gasteiger partial charge in [-0.3, -0.25) is 9.69 Å². The number of carbonyl (C=O) groups is 2. The summed E-state index contributed by atoms with van der Waals surface area (Å²) < 4.78 is 11.6. The number of esters is 1. The van der Waals surface area contributed by atoms with Crippen LogP contribution in [-0.4, -0.2) is 49.2 Å². The molecule has 0 spiro atoms. The second kappa shape index (κ2) is 12.1. The Morgan fingerprint density at radius 3 is 2.39 bits per heavy atom. The van der Waals surface area contributed by atoms with Gasteiger partial charge in [0.15, 0.2) is 0 Å². The zero-order chi connectivity index (χ0) is 21.9. The molecule has 0 radical (unpaired) electrons. The second-order valence-electron chi connectivity index (χ2n) is 7.90. The summed E-state index contributed by atoms with van der Waals surface area (Å²) in [6.07, 6.45) is 3.06. The van der Waals surface area contributed by atoms with E-state index in [1.54, 1.807) is 0 Å². The minimum absolute atomic E-state index is 0.188. The van der Waals surface area contributed by atoms with Crippen LogP contribution in [0.25, 0.3) is 0 Å². The van der Waals surface area contributed by atoms with E-state index in [1.807, 2.05) is 36.4 Å². The Balaban J connectivity index is 1.58. The van der Waals surface area contributed by atoms with Crippen molar-refractivity contribution in [3.05, 3.63) is 65.7 Å². The Kier molecular flexibility index (Phi) is 8.91. The number of para-hydroxylation sites is 1. The summed E-state index contributed by atoms with van der Waals surface area (Å²) in [6, 6.07) is 18.2. The number of nitrogens with zero attached hydrogens (tertiary/aromatic N) is 1. The molecule has 0 amide bonds. The number of ether oxygens (including phenoxy) is 2. The van der Waals surface area contributed by atoms with Crippen LogP contribution in [-0.2, 0) is 27.2 Å². The second-order valence-corrected chi connectivity index (χ2v) is 7.90. The van der Waals surface area contributed by atoms with Crippen LogP contribution < -0.4 is 9.84 Å². The van der Waals surface area contributed by atoms with E-state index in [9.17, 15) is 14.7 Å². The number of hydrogen-bond acceptors (Lipinski definition) is 6. The summed E-state index contributed by atoms with van der Waals surface area (Å²) in [5, 5.41) is 10.6. The molecule has 0 bridgehead atoms. The quantitative estimate of drug-likeness (QED) is 0.487. The summed E-state index contributed by atoms with van der Waals surface area (Å²) in [5.41, 5.74) is 2.38. The molecule has 0 saturated carbocycles. The molecular formula is C25H30NO5-. The molecule has 6 nitrogen and oxygen atoms in total. The molecule has 3 rings (SSSR count). The molecule has 1 unspecified atom stereocenters. The minimum atomic E-state index is -1.25. The van der Waals surface area contributed by atoms with Gasteiger partial charge >= 0.3 is 5.97 Å². The van der Waals surface area contributed by atoms with Gasteiger partial charge in [-0.2, -0.15) is 0 Å². The number of carbonyl (C=O) groups excluding carboxylic acids is 2. The van der Waals surface area contributed by atoms with Gasteiger partial charge in [0.1, 0.15) is 18.5 Å². The maximum absolute atomic E-state index is 12.1. The Morgan fingerprint density at radius 2 is 1.65 bits per heavy atom. The molecule has 2 aromatic carbocycles. The minimum Gasteiger partial charge on any atom is -0.550 e. The molecule has 6 heteroatoms. The Morgan fingerprint density at radius 1 is 0.935 bits per heavy atom. The molecule has 31 heavy (non-hydrogen) atoms. The predicted octanol–water partition coefficient (Wildman–Crippen LogP) is 2.39. The molecule has 0 aromatic heterocycles. The monoisotopic (exact) mass is 424 g/mol. The summed E-state index contributed by atoms with van der Waals surface area (Å²) in [6.45, 7) is 2.76. The van der Waals surface area contributed by atoms with Gasteiger partial charge in [-0.1, -0.05) is 48.5 Å². The van der Waals surface area contributed by atoms with Crippen molar-refractivity contribution < 1.29 is 24.2 Å². The zero-order valence-corrected chi connectivity index (χ0v) is 17.8. The average Bonchev–Trinajstić information content (AvgIpc) is 3.29. The summed E-state index contributed by atoms with van der Waals surface area (Å²) in [7, 11) is 0. The normalized spacial score (nSPS) is 14.8. The van der Waals surface area contributed by atoms with Crippen LogP contribution in [0.4, 0.5) is 0 Å². The highest BCUT2D eigenvalue weighted by atomic mass is 16.6. The number of rotatable bonds is 12. The SMILES string of the molecule is O=C([O-])CCC(=O)OC(COc1ccccc1CCc1ccccc1)CN1CCCC1. The molecule has 1 aliphatic rings. The first-order chi connectivity index (χ1) is 15.1. The van der Waals surface area contributed by atoms with Gasteiger partial charge < -0.3 is 19.4 Å².